The molecule has 0 spiro atoms. The lowest BCUT2D eigenvalue weighted by molar-refractivity contribution is -0.140. The van der Waals surface area contributed by atoms with E-state index in [1.165, 1.54) is 4.90 Å². The molecule has 0 aliphatic carbocycles. The van der Waals surface area contributed by atoms with E-state index in [1.54, 1.807) is 18.2 Å². The van der Waals surface area contributed by atoms with Crippen LogP contribution in [-0.2, 0) is 26.2 Å². The molecular weight excluding hydrogens is 450 g/mol. The standard InChI is InChI=1S/C26H37N3O4S/c1-6-8-15-27-26(31)24(7-2)28(18-22-13-9-11-20(3)16-22)25(30)19-29(34(5,32)33)23-14-10-12-21(4)17-23/h9-14,16-17,24H,6-8,15,18-19H2,1-5H3,(H,27,31)/t24-/m0/s1. The first-order valence-corrected chi connectivity index (χ1v) is 13.6. The Balaban J connectivity index is 2.40. The number of rotatable bonds is 12. The van der Waals surface area contributed by atoms with Crippen LogP contribution in [0.3, 0.4) is 0 Å². The van der Waals surface area contributed by atoms with Gasteiger partial charge in [0.1, 0.15) is 12.6 Å². The van der Waals surface area contributed by atoms with Crippen molar-refractivity contribution in [2.75, 3.05) is 23.7 Å². The minimum absolute atomic E-state index is 0.214. The Morgan fingerprint density at radius 1 is 1.00 bits per heavy atom. The number of sulfonamides is 1. The number of amides is 2. The van der Waals surface area contributed by atoms with Gasteiger partial charge in [0.05, 0.1) is 11.9 Å². The van der Waals surface area contributed by atoms with Crippen molar-refractivity contribution in [3.05, 3.63) is 65.2 Å². The minimum Gasteiger partial charge on any atom is -0.354 e. The summed E-state index contributed by atoms with van der Waals surface area (Å²) in [6, 6.07) is 14.1. The van der Waals surface area contributed by atoms with Crippen molar-refractivity contribution in [3.8, 4) is 0 Å². The van der Waals surface area contributed by atoms with Crippen molar-refractivity contribution < 1.29 is 18.0 Å². The summed E-state index contributed by atoms with van der Waals surface area (Å²) in [5, 5.41) is 2.93. The number of anilines is 1. The van der Waals surface area contributed by atoms with Gasteiger partial charge >= 0.3 is 0 Å². The minimum atomic E-state index is -3.73. The number of nitrogens with zero attached hydrogens (tertiary/aromatic N) is 2. The van der Waals surface area contributed by atoms with Gasteiger partial charge in [-0.15, -0.1) is 0 Å². The summed E-state index contributed by atoms with van der Waals surface area (Å²) < 4.78 is 26.4. The number of unbranched alkanes of at least 4 members (excludes halogenated alkanes) is 1. The Labute approximate surface area is 204 Å². The molecule has 0 heterocycles. The molecule has 0 saturated carbocycles. The predicted octanol–water partition coefficient (Wildman–Crippen LogP) is 3.79. The maximum Gasteiger partial charge on any atom is 0.244 e. The number of carbonyl (C=O) groups is 2. The summed E-state index contributed by atoms with van der Waals surface area (Å²) in [5.74, 6) is -0.649. The second-order valence-corrected chi connectivity index (χ2v) is 10.6. The SMILES string of the molecule is CCCCNC(=O)[C@H](CC)N(Cc1cccc(C)c1)C(=O)CN(c1cccc(C)c1)S(C)(=O)=O. The Morgan fingerprint density at radius 3 is 2.21 bits per heavy atom. The summed E-state index contributed by atoms with van der Waals surface area (Å²) in [5.41, 5.74) is 3.24. The predicted molar refractivity (Wildman–Crippen MR) is 137 cm³/mol. The smallest absolute Gasteiger partial charge is 0.244 e. The maximum absolute atomic E-state index is 13.6. The molecule has 2 aromatic carbocycles. The van der Waals surface area contributed by atoms with Crippen molar-refractivity contribution in [1.29, 1.82) is 0 Å². The van der Waals surface area contributed by atoms with Gasteiger partial charge < -0.3 is 10.2 Å². The van der Waals surface area contributed by atoms with Gasteiger partial charge in [0.2, 0.25) is 21.8 Å². The molecule has 1 N–H and O–H groups in total. The summed E-state index contributed by atoms with van der Waals surface area (Å²) >= 11 is 0. The van der Waals surface area contributed by atoms with E-state index in [1.807, 2.05) is 58.0 Å². The first-order valence-electron chi connectivity index (χ1n) is 11.7. The lowest BCUT2D eigenvalue weighted by atomic mass is 10.1. The van der Waals surface area contributed by atoms with Crippen LogP contribution in [0.4, 0.5) is 5.69 Å². The van der Waals surface area contributed by atoms with Crippen molar-refractivity contribution in [2.24, 2.45) is 0 Å². The van der Waals surface area contributed by atoms with Crippen LogP contribution in [0.2, 0.25) is 0 Å². The molecule has 0 saturated heterocycles. The van der Waals surface area contributed by atoms with Crippen LogP contribution < -0.4 is 9.62 Å². The number of hydrogen-bond acceptors (Lipinski definition) is 4. The van der Waals surface area contributed by atoms with E-state index in [2.05, 4.69) is 5.32 Å². The zero-order chi connectivity index (χ0) is 25.3. The average Bonchev–Trinajstić information content (AvgIpc) is 2.76. The summed E-state index contributed by atoms with van der Waals surface area (Å²) in [7, 11) is -3.73. The van der Waals surface area contributed by atoms with Crippen LogP contribution in [0.1, 0.15) is 49.8 Å². The van der Waals surface area contributed by atoms with Crippen LogP contribution in [0, 0.1) is 13.8 Å². The van der Waals surface area contributed by atoms with Gasteiger partial charge in [-0.05, 0) is 49.9 Å². The number of hydrogen-bond donors (Lipinski definition) is 1. The molecule has 0 unspecified atom stereocenters. The Morgan fingerprint density at radius 2 is 1.65 bits per heavy atom. The molecule has 0 aliphatic heterocycles. The summed E-state index contributed by atoms with van der Waals surface area (Å²) in [6.07, 6.45) is 3.30. The molecular formula is C26H37N3O4S. The molecule has 2 amide bonds. The highest BCUT2D eigenvalue weighted by atomic mass is 32.2. The van der Waals surface area contributed by atoms with E-state index in [0.29, 0.717) is 18.7 Å². The molecule has 186 valence electrons. The van der Waals surface area contributed by atoms with Crippen LogP contribution in [0.5, 0.6) is 0 Å². The van der Waals surface area contributed by atoms with E-state index in [4.69, 9.17) is 0 Å². The monoisotopic (exact) mass is 487 g/mol. The molecule has 0 fully saturated rings. The highest BCUT2D eigenvalue weighted by Gasteiger charge is 2.31. The second-order valence-electron chi connectivity index (χ2n) is 8.69. The summed E-state index contributed by atoms with van der Waals surface area (Å²) in [6.45, 7) is 8.10. The molecule has 0 aromatic heterocycles. The molecule has 7 nitrogen and oxygen atoms in total. The molecule has 8 heteroatoms. The first kappa shape index (κ1) is 27.4. The molecule has 1 atom stereocenters. The van der Waals surface area contributed by atoms with Gasteiger partial charge in [-0.25, -0.2) is 8.42 Å². The lowest BCUT2D eigenvalue weighted by Crippen LogP contribution is -2.52. The van der Waals surface area contributed by atoms with Gasteiger partial charge in [0.15, 0.2) is 0 Å². The quantitative estimate of drug-likeness (QED) is 0.462. The van der Waals surface area contributed by atoms with Crippen LogP contribution in [0.15, 0.2) is 48.5 Å². The van der Waals surface area contributed by atoms with Crippen molar-refractivity contribution >= 4 is 27.5 Å². The van der Waals surface area contributed by atoms with Gasteiger partial charge in [0.25, 0.3) is 0 Å². The zero-order valence-electron chi connectivity index (χ0n) is 20.9. The normalized spacial score (nSPS) is 12.1. The van der Waals surface area contributed by atoms with Crippen LogP contribution >= 0.6 is 0 Å². The molecule has 34 heavy (non-hydrogen) atoms. The molecule has 0 aliphatic rings. The third-order valence-corrected chi connectivity index (χ3v) is 6.76. The number of carbonyl (C=O) groups excluding carboxylic acids is 2. The number of aryl methyl sites for hydroxylation is 2. The molecule has 2 aromatic rings. The van der Waals surface area contributed by atoms with Crippen molar-refractivity contribution in [1.82, 2.24) is 10.2 Å². The van der Waals surface area contributed by atoms with Crippen LogP contribution in [-0.4, -0.2) is 50.5 Å². The van der Waals surface area contributed by atoms with Crippen molar-refractivity contribution in [3.63, 3.8) is 0 Å². The first-order chi connectivity index (χ1) is 16.1. The fraction of sp³-hybridized carbons (Fsp3) is 0.462. The fourth-order valence-corrected chi connectivity index (χ4v) is 4.67. The van der Waals surface area contributed by atoms with E-state index in [-0.39, 0.29) is 19.0 Å². The number of benzene rings is 2. The van der Waals surface area contributed by atoms with Gasteiger partial charge in [0, 0.05) is 13.1 Å². The van der Waals surface area contributed by atoms with Gasteiger partial charge in [-0.1, -0.05) is 62.2 Å². The highest BCUT2D eigenvalue weighted by molar-refractivity contribution is 7.92. The molecule has 0 bridgehead atoms. The van der Waals surface area contributed by atoms with Crippen LogP contribution in [0.25, 0.3) is 0 Å². The highest BCUT2D eigenvalue weighted by Crippen LogP contribution is 2.21. The van der Waals surface area contributed by atoms with Crippen molar-refractivity contribution in [2.45, 2.75) is 59.5 Å². The molecule has 0 radical (unpaired) electrons. The second kappa shape index (κ2) is 12.6. The van der Waals surface area contributed by atoms with E-state index >= 15 is 0 Å². The lowest BCUT2D eigenvalue weighted by Gasteiger charge is -2.33. The Hall–Kier alpha value is -2.87. The third kappa shape index (κ3) is 7.87. The zero-order valence-corrected chi connectivity index (χ0v) is 21.7. The van der Waals surface area contributed by atoms with E-state index in [9.17, 15) is 18.0 Å². The van der Waals surface area contributed by atoms with Gasteiger partial charge in [-0.3, -0.25) is 13.9 Å². The fourth-order valence-electron chi connectivity index (χ4n) is 3.83. The number of nitrogens with one attached hydrogen (secondary N) is 1. The maximum atomic E-state index is 13.6. The molecule has 2 rings (SSSR count). The van der Waals surface area contributed by atoms with E-state index in [0.717, 1.165) is 40.1 Å². The van der Waals surface area contributed by atoms with Gasteiger partial charge in [-0.2, -0.15) is 0 Å². The third-order valence-electron chi connectivity index (χ3n) is 5.62. The topological polar surface area (TPSA) is 86.8 Å². The average molecular weight is 488 g/mol. The Kier molecular flexibility index (Phi) is 10.1. The Bertz CT molecular complexity index is 1080. The van der Waals surface area contributed by atoms with E-state index < -0.39 is 22.0 Å². The largest absolute Gasteiger partial charge is 0.354 e. The summed E-state index contributed by atoms with van der Waals surface area (Å²) in [4.78, 5) is 28.1.